The fourth-order valence-electron chi connectivity index (χ4n) is 5.51. The number of fused-ring (bicyclic) bond motifs is 1. The van der Waals surface area contributed by atoms with Gasteiger partial charge in [0.05, 0.1) is 36.2 Å². The number of rotatable bonds is 13. The van der Waals surface area contributed by atoms with Gasteiger partial charge in [0, 0.05) is 6.20 Å². The van der Waals surface area contributed by atoms with Crippen molar-refractivity contribution in [3.05, 3.63) is 87.8 Å². The molecule has 1 atom stereocenters. The molecular weight excluding hydrogens is 620 g/mol. The van der Waals surface area contributed by atoms with Crippen molar-refractivity contribution in [1.82, 2.24) is 14.4 Å². The predicted molar refractivity (Wildman–Crippen MR) is 179 cm³/mol. The number of anilines is 1. The highest BCUT2D eigenvalue weighted by atomic mass is 32.1. The molecule has 1 saturated heterocycles. The molecule has 5 rings (SSSR count). The van der Waals surface area contributed by atoms with E-state index in [2.05, 4.69) is 23.5 Å². The highest BCUT2D eigenvalue weighted by Crippen LogP contribution is 2.46. The first-order chi connectivity index (χ1) is 22.6. The summed E-state index contributed by atoms with van der Waals surface area (Å²) in [6, 6.07) is 7.80. The van der Waals surface area contributed by atoms with Gasteiger partial charge in [0.25, 0.3) is 5.78 Å². The van der Waals surface area contributed by atoms with E-state index in [-0.39, 0.29) is 27.9 Å². The summed E-state index contributed by atoms with van der Waals surface area (Å²) in [7, 11) is 0. The molecule has 246 valence electrons. The lowest BCUT2D eigenvalue weighted by Gasteiger charge is -2.24. The number of pyridine rings is 1. The van der Waals surface area contributed by atoms with Crippen LogP contribution in [-0.2, 0) is 14.3 Å². The number of imidazole rings is 1. The Hall–Kier alpha value is -4.97. The molecule has 11 nitrogen and oxygen atoms in total. The van der Waals surface area contributed by atoms with Crippen molar-refractivity contribution in [2.75, 3.05) is 24.7 Å². The number of esters is 1. The molecule has 1 N–H and O–H groups in total. The number of Topliss-reactive ketones (excluding diaryl/α,β-unsaturated/α-hetero) is 1. The Morgan fingerprint density at radius 3 is 2.57 bits per heavy atom. The molecule has 1 fully saturated rings. The van der Waals surface area contributed by atoms with Gasteiger partial charge in [-0.25, -0.2) is 14.8 Å². The molecule has 0 aliphatic carbocycles. The van der Waals surface area contributed by atoms with Crippen LogP contribution in [0.2, 0.25) is 0 Å². The van der Waals surface area contributed by atoms with Gasteiger partial charge in [0.15, 0.2) is 22.4 Å². The number of aromatic nitrogens is 3. The number of amides is 1. The Morgan fingerprint density at radius 2 is 1.87 bits per heavy atom. The lowest BCUT2D eigenvalue weighted by atomic mass is 9.96. The van der Waals surface area contributed by atoms with Gasteiger partial charge in [0.2, 0.25) is 0 Å². The van der Waals surface area contributed by atoms with E-state index in [0.717, 1.165) is 36.2 Å². The quantitative estimate of drug-likeness (QED) is 0.0419. The number of ether oxygens (including phenoxy) is 3. The lowest BCUT2D eigenvalue weighted by molar-refractivity contribution is -0.132. The van der Waals surface area contributed by atoms with Crippen molar-refractivity contribution < 1.29 is 33.7 Å². The van der Waals surface area contributed by atoms with Gasteiger partial charge in [-0.3, -0.25) is 14.5 Å². The monoisotopic (exact) mass is 658 g/mol. The fraction of sp³-hybridized carbons (Fsp3) is 0.343. The number of carbonyl (C=O) groups excluding carboxylic acids is 3. The molecule has 0 bridgehead atoms. The number of hydrogen-bond donors (Lipinski definition) is 1. The molecule has 0 radical (unpaired) electrons. The minimum absolute atomic E-state index is 0.000921. The maximum absolute atomic E-state index is 13.9. The number of thiazole rings is 1. The SMILES string of the molecule is C=CCOC(=O)c1sc(N2C(=O)C(=O)/C(=C(/O)c3nc4c(C)cccn4c3C)C2c2ccc(OCCCCC)c(OCC)c2)nc1C. The third-order valence-electron chi connectivity index (χ3n) is 7.85. The van der Waals surface area contributed by atoms with Crippen LogP contribution in [0.4, 0.5) is 5.13 Å². The average Bonchev–Trinajstić information content (AvgIpc) is 3.69. The van der Waals surface area contributed by atoms with Crippen LogP contribution in [0.5, 0.6) is 11.5 Å². The lowest BCUT2D eigenvalue weighted by Crippen LogP contribution is -2.29. The molecule has 12 heteroatoms. The molecule has 4 aromatic rings. The van der Waals surface area contributed by atoms with Crippen molar-refractivity contribution in [1.29, 1.82) is 0 Å². The maximum Gasteiger partial charge on any atom is 0.350 e. The first-order valence-electron chi connectivity index (χ1n) is 15.5. The number of unbranched alkanes of at least 4 members (excludes halogenated alkanes) is 2. The summed E-state index contributed by atoms with van der Waals surface area (Å²) in [6.07, 6.45) is 6.21. The molecule has 1 aromatic carbocycles. The van der Waals surface area contributed by atoms with Gasteiger partial charge < -0.3 is 23.7 Å². The number of aliphatic hydroxyl groups excluding tert-OH is 1. The van der Waals surface area contributed by atoms with Crippen LogP contribution >= 0.6 is 11.3 Å². The van der Waals surface area contributed by atoms with E-state index in [4.69, 9.17) is 14.2 Å². The van der Waals surface area contributed by atoms with Crippen molar-refractivity contribution in [2.24, 2.45) is 0 Å². The van der Waals surface area contributed by atoms with Crippen LogP contribution in [0.1, 0.15) is 77.0 Å². The summed E-state index contributed by atoms with van der Waals surface area (Å²) in [5.74, 6) is -1.93. The minimum atomic E-state index is -1.13. The number of nitrogens with zero attached hydrogens (tertiary/aromatic N) is 4. The van der Waals surface area contributed by atoms with E-state index in [1.165, 1.54) is 11.0 Å². The third-order valence-corrected chi connectivity index (χ3v) is 8.99. The number of aliphatic hydroxyl groups is 1. The van der Waals surface area contributed by atoms with E-state index < -0.39 is 29.5 Å². The molecule has 1 aliphatic heterocycles. The highest BCUT2D eigenvalue weighted by molar-refractivity contribution is 7.17. The van der Waals surface area contributed by atoms with Crippen molar-refractivity contribution in [3.63, 3.8) is 0 Å². The molecule has 3 aromatic heterocycles. The maximum atomic E-state index is 13.9. The standard InChI is InChI=1S/C35H38N4O7S/c1-7-10-11-18-45-24-15-14-23(19-25(24)44-9-3)28-26(29(40)27-22(6)38-16-12-13-20(4)32(38)37-27)30(41)33(42)39(28)35-36-21(5)31(47-35)34(43)46-17-8-2/h8,12-16,19,28,40H,2,7,9-11,17-18H2,1,3-6H3/b29-26+. The van der Waals surface area contributed by atoms with E-state index >= 15 is 0 Å². The molecule has 4 heterocycles. The molecule has 0 saturated carbocycles. The van der Waals surface area contributed by atoms with Gasteiger partial charge in [0.1, 0.15) is 22.8 Å². The van der Waals surface area contributed by atoms with Gasteiger partial charge in [-0.2, -0.15) is 0 Å². The van der Waals surface area contributed by atoms with E-state index in [9.17, 15) is 19.5 Å². The summed E-state index contributed by atoms with van der Waals surface area (Å²) in [4.78, 5) is 51.1. The number of benzene rings is 1. The normalized spacial score (nSPS) is 15.8. The summed E-state index contributed by atoms with van der Waals surface area (Å²) in [5.41, 5.74) is 2.88. The highest BCUT2D eigenvalue weighted by Gasteiger charge is 2.49. The van der Waals surface area contributed by atoms with Crippen LogP contribution in [0.15, 0.2) is 54.8 Å². The number of aryl methyl sites for hydroxylation is 3. The Bertz CT molecular complexity index is 1890. The zero-order chi connectivity index (χ0) is 33.8. The van der Waals surface area contributed by atoms with Crippen molar-refractivity contribution >= 4 is 45.5 Å². The van der Waals surface area contributed by atoms with Crippen molar-refractivity contribution in [3.8, 4) is 11.5 Å². The molecule has 47 heavy (non-hydrogen) atoms. The molecule has 1 unspecified atom stereocenters. The van der Waals surface area contributed by atoms with E-state index in [1.54, 1.807) is 32.0 Å². The third kappa shape index (κ3) is 6.37. The van der Waals surface area contributed by atoms with Gasteiger partial charge in [-0.05, 0) is 63.4 Å². The van der Waals surface area contributed by atoms with Crippen LogP contribution in [0.3, 0.4) is 0 Å². The number of ketones is 1. The fourth-order valence-corrected chi connectivity index (χ4v) is 6.50. The molecule has 1 aliphatic rings. The van der Waals surface area contributed by atoms with Gasteiger partial charge >= 0.3 is 11.9 Å². The first kappa shape index (κ1) is 33.4. The Labute approximate surface area is 277 Å². The molecular formula is C35H38N4O7S. The van der Waals surface area contributed by atoms with Gasteiger partial charge in [-0.1, -0.05) is 55.9 Å². The first-order valence-corrected chi connectivity index (χ1v) is 16.3. The van der Waals surface area contributed by atoms with Crippen LogP contribution < -0.4 is 14.4 Å². The predicted octanol–water partition coefficient (Wildman–Crippen LogP) is 6.65. The summed E-state index contributed by atoms with van der Waals surface area (Å²) < 4.78 is 19.0. The second-order valence-corrected chi connectivity index (χ2v) is 12.1. The Balaban J connectivity index is 1.69. The second kappa shape index (κ2) is 14.2. The van der Waals surface area contributed by atoms with Crippen LogP contribution in [-0.4, -0.2) is 57.0 Å². The van der Waals surface area contributed by atoms with Crippen LogP contribution in [0.25, 0.3) is 11.4 Å². The Morgan fingerprint density at radius 1 is 1.09 bits per heavy atom. The zero-order valence-corrected chi connectivity index (χ0v) is 28.0. The molecule has 0 spiro atoms. The zero-order valence-electron chi connectivity index (χ0n) is 27.2. The summed E-state index contributed by atoms with van der Waals surface area (Å²) >= 11 is 0.924. The number of hydrogen-bond acceptors (Lipinski definition) is 10. The summed E-state index contributed by atoms with van der Waals surface area (Å²) in [6.45, 7) is 13.7. The number of carbonyl (C=O) groups is 3. The van der Waals surface area contributed by atoms with Crippen molar-refractivity contribution in [2.45, 2.75) is 59.9 Å². The second-order valence-electron chi connectivity index (χ2n) is 11.1. The van der Waals surface area contributed by atoms with E-state index in [0.29, 0.717) is 47.3 Å². The van der Waals surface area contributed by atoms with Gasteiger partial charge in [-0.15, -0.1) is 0 Å². The molecule has 1 amide bonds. The van der Waals surface area contributed by atoms with E-state index in [1.807, 2.05) is 36.6 Å². The minimum Gasteiger partial charge on any atom is -0.505 e. The summed E-state index contributed by atoms with van der Waals surface area (Å²) in [5, 5.41) is 12.0. The average molecular weight is 659 g/mol. The smallest absolute Gasteiger partial charge is 0.350 e. The topological polar surface area (TPSA) is 133 Å². The largest absolute Gasteiger partial charge is 0.505 e. The Kier molecular flexibility index (Phi) is 10.1. The van der Waals surface area contributed by atoms with Crippen LogP contribution in [0, 0.1) is 20.8 Å².